The number of carbonyl (C=O) groups excluding carboxylic acids is 1. The van der Waals surface area contributed by atoms with Crippen LogP contribution >= 0.6 is 23.4 Å². The van der Waals surface area contributed by atoms with Gasteiger partial charge in [-0.3, -0.25) is 4.79 Å². The van der Waals surface area contributed by atoms with Crippen molar-refractivity contribution < 1.29 is 4.79 Å². The Labute approximate surface area is 116 Å². The molecule has 0 saturated heterocycles. The van der Waals surface area contributed by atoms with Crippen molar-refractivity contribution in [3.05, 3.63) is 65.7 Å². The first-order valence-corrected chi connectivity index (χ1v) is 7.17. The van der Waals surface area contributed by atoms with Crippen molar-refractivity contribution in [2.75, 3.05) is 5.88 Å². The van der Waals surface area contributed by atoms with Gasteiger partial charge in [0.15, 0.2) is 5.78 Å². The molecular weight excluding hydrogens is 264 g/mol. The molecule has 0 bridgehead atoms. The van der Waals surface area contributed by atoms with Gasteiger partial charge in [0.05, 0.1) is 5.88 Å². The van der Waals surface area contributed by atoms with Crippen LogP contribution in [0, 0.1) is 0 Å². The minimum Gasteiger partial charge on any atom is -0.293 e. The van der Waals surface area contributed by atoms with E-state index in [1.54, 1.807) is 11.8 Å². The van der Waals surface area contributed by atoms with Crippen molar-refractivity contribution in [2.45, 2.75) is 10.6 Å². The van der Waals surface area contributed by atoms with Gasteiger partial charge in [0.2, 0.25) is 0 Å². The fourth-order valence-corrected chi connectivity index (χ4v) is 2.56. The molecule has 3 heteroatoms. The highest BCUT2D eigenvalue weighted by atomic mass is 35.5. The van der Waals surface area contributed by atoms with Crippen molar-refractivity contribution in [3.8, 4) is 0 Å². The summed E-state index contributed by atoms with van der Waals surface area (Å²) in [7, 11) is 0. The lowest BCUT2D eigenvalue weighted by Crippen LogP contribution is -1.99. The fraction of sp³-hybridized carbons (Fsp3) is 0.133. The van der Waals surface area contributed by atoms with Crippen molar-refractivity contribution in [1.82, 2.24) is 0 Å². The second-order valence-corrected chi connectivity index (χ2v) is 5.17. The number of carbonyl (C=O) groups is 1. The number of halogens is 1. The second kappa shape index (κ2) is 6.62. The molecule has 0 aromatic heterocycles. The van der Waals surface area contributed by atoms with Gasteiger partial charge >= 0.3 is 0 Å². The fourth-order valence-electron chi connectivity index (χ4n) is 1.56. The molecule has 92 valence electrons. The van der Waals surface area contributed by atoms with Crippen LogP contribution < -0.4 is 0 Å². The Balaban J connectivity index is 1.97. The van der Waals surface area contributed by atoms with E-state index in [2.05, 4.69) is 12.1 Å². The molecular formula is C15H13ClOS. The van der Waals surface area contributed by atoms with E-state index in [-0.39, 0.29) is 11.7 Å². The zero-order valence-electron chi connectivity index (χ0n) is 9.80. The Morgan fingerprint density at radius 1 is 1.00 bits per heavy atom. The van der Waals surface area contributed by atoms with E-state index >= 15 is 0 Å². The van der Waals surface area contributed by atoms with Crippen LogP contribution in [0.4, 0.5) is 0 Å². The van der Waals surface area contributed by atoms with E-state index in [4.69, 9.17) is 11.6 Å². The largest absolute Gasteiger partial charge is 0.293 e. The van der Waals surface area contributed by atoms with Crippen LogP contribution in [0.3, 0.4) is 0 Å². The third-order valence-corrected chi connectivity index (χ3v) is 3.87. The molecule has 1 nitrogen and oxygen atoms in total. The van der Waals surface area contributed by atoms with Crippen LogP contribution in [0.1, 0.15) is 15.9 Å². The van der Waals surface area contributed by atoms with Crippen molar-refractivity contribution in [2.24, 2.45) is 0 Å². The van der Waals surface area contributed by atoms with E-state index < -0.39 is 0 Å². The smallest absolute Gasteiger partial charge is 0.177 e. The topological polar surface area (TPSA) is 17.1 Å². The van der Waals surface area contributed by atoms with Gasteiger partial charge in [0.25, 0.3) is 0 Å². The minimum atomic E-state index is -0.0312. The molecule has 0 aliphatic carbocycles. The zero-order chi connectivity index (χ0) is 12.8. The molecule has 0 saturated carbocycles. The first kappa shape index (κ1) is 13.2. The number of benzene rings is 2. The van der Waals surface area contributed by atoms with Gasteiger partial charge in [-0.05, 0) is 17.7 Å². The summed E-state index contributed by atoms with van der Waals surface area (Å²) in [5, 5.41) is 0. The maximum atomic E-state index is 11.4. The predicted octanol–water partition coefficient (Wildman–Crippen LogP) is 4.40. The Hall–Kier alpha value is -1.25. The van der Waals surface area contributed by atoms with Crippen LogP contribution in [0.2, 0.25) is 0 Å². The molecule has 0 spiro atoms. The number of hydrogen-bond acceptors (Lipinski definition) is 2. The summed E-state index contributed by atoms with van der Waals surface area (Å²) in [5.74, 6) is 0.941. The summed E-state index contributed by atoms with van der Waals surface area (Å²) >= 11 is 7.27. The number of Topliss-reactive ketones (excluding diaryl/α,β-unsaturated/α-hetero) is 1. The Morgan fingerprint density at radius 2 is 1.67 bits per heavy atom. The van der Waals surface area contributed by atoms with Crippen LogP contribution in [-0.4, -0.2) is 11.7 Å². The Bertz CT molecular complexity index is 508. The third kappa shape index (κ3) is 3.62. The van der Waals surface area contributed by atoms with E-state index in [0.717, 1.165) is 10.6 Å². The summed E-state index contributed by atoms with van der Waals surface area (Å²) in [6, 6.07) is 17.9. The normalized spacial score (nSPS) is 10.3. The average molecular weight is 277 g/mol. The van der Waals surface area contributed by atoms with E-state index in [1.165, 1.54) is 5.56 Å². The van der Waals surface area contributed by atoms with Gasteiger partial charge < -0.3 is 0 Å². The molecule has 2 aromatic carbocycles. The second-order valence-electron chi connectivity index (χ2n) is 3.86. The summed E-state index contributed by atoms with van der Waals surface area (Å²) in [4.78, 5) is 12.5. The van der Waals surface area contributed by atoms with Gasteiger partial charge in [0.1, 0.15) is 0 Å². The Kier molecular flexibility index (Phi) is 4.85. The highest BCUT2D eigenvalue weighted by molar-refractivity contribution is 7.98. The van der Waals surface area contributed by atoms with Crippen LogP contribution in [0.15, 0.2) is 59.5 Å². The molecule has 0 N–H and O–H groups in total. The first-order valence-electron chi connectivity index (χ1n) is 5.65. The van der Waals surface area contributed by atoms with Gasteiger partial charge in [-0.2, -0.15) is 0 Å². The summed E-state index contributed by atoms with van der Waals surface area (Å²) < 4.78 is 0. The average Bonchev–Trinajstić information content (AvgIpc) is 2.46. The van der Waals surface area contributed by atoms with Gasteiger partial charge in [-0.15, -0.1) is 23.4 Å². The molecule has 0 aliphatic heterocycles. The highest BCUT2D eigenvalue weighted by Gasteiger charge is 2.03. The minimum absolute atomic E-state index is 0.0312. The van der Waals surface area contributed by atoms with Crippen molar-refractivity contribution in [1.29, 1.82) is 0 Å². The van der Waals surface area contributed by atoms with Gasteiger partial charge in [0, 0.05) is 16.2 Å². The molecule has 0 radical (unpaired) electrons. The molecule has 0 aliphatic rings. The maximum absolute atomic E-state index is 11.4. The SMILES string of the molecule is O=C(CCl)c1ccc(SCc2ccccc2)cc1. The molecule has 2 aromatic rings. The lowest BCUT2D eigenvalue weighted by molar-refractivity contribution is 0.102. The lowest BCUT2D eigenvalue weighted by Gasteiger charge is -2.03. The third-order valence-electron chi connectivity index (χ3n) is 2.55. The summed E-state index contributed by atoms with van der Waals surface area (Å²) in [6.45, 7) is 0. The highest BCUT2D eigenvalue weighted by Crippen LogP contribution is 2.23. The van der Waals surface area contributed by atoms with Crippen molar-refractivity contribution in [3.63, 3.8) is 0 Å². The number of ketones is 1. The molecule has 0 amide bonds. The molecule has 0 unspecified atom stereocenters. The molecule has 2 rings (SSSR count). The Morgan fingerprint density at radius 3 is 2.28 bits per heavy atom. The van der Waals surface area contributed by atoms with E-state index in [0.29, 0.717) is 5.56 Å². The summed E-state index contributed by atoms with van der Waals surface area (Å²) in [6.07, 6.45) is 0. The number of hydrogen-bond donors (Lipinski definition) is 0. The number of rotatable bonds is 5. The van der Waals surface area contributed by atoms with Crippen molar-refractivity contribution >= 4 is 29.1 Å². The standard InChI is InChI=1S/C15H13ClOS/c16-10-15(17)13-6-8-14(9-7-13)18-11-12-4-2-1-3-5-12/h1-9H,10-11H2. The predicted molar refractivity (Wildman–Crippen MR) is 77.5 cm³/mol. The van der Waals surface area contributed by atoms with Gasteiger partial charge in [-0.25, -0.2) is 0 Å². The first-order chi connectivity index (χ1) is 8.79. The molecule has 0 fully saturated rings. The molecule has 0 atom stereocenters. The monoisotopic (exact) mass is 276 g/mol. The van der Waals surface area contributed by atoms with Crippen LogP contribution in [-0.2, 0) is 5.75 Å². The lowest BCUT2D eigenvalue weighted by atomic mass is 10.1. The zero-order valence-corrected chi connectivity index (χ0v) is 11.4. The number of alkyl halides is 1. The quantitative estimate of drug-likeness (QED) is 0.457. The van der Waals surface area contributed by atoms with E-state index in [9.17, 15) is 4.79 Å². The summed E-state index contributed by atoms with van der Waals surface area (Å²) in [5.41, 5.74) is 1.97. The molecule has 0 heterocycles. The van der Waals surface area contributed by atoms with Crippen LogP contribution in [0.5, 0.6) is 0 Å². The van der Waals surface area contributed by atoms with Crippen LogP contribution in [0.25, 0.3) is 0 Å². The number of thioether (sulfide) groups is 1. The molecule has 18 heavy (non-hydrogen) atoms. The van der Waals surface area contributed by atoms with Gasteiger partial charge in [-0.1, -0.05) is 42.5 Å². The maximum Gasteiger partial charge on any atom is 0.177 e. The van der Waals surface area contributed by atoms with E-state index in [1.807, 2.05) is 42.5 Å².